The highest BCUT2D eigenvalue weighted by atomic mass is 16.5. The van der Waals surface area contributed by atoms with Gasteiger partial charge in [0.05, 0.1) is 13.2 Å². The van der Waals surface area contributed by atoms with E-state index in [1.807, 2.05) is 11.8 Å². The fraction of sp³-hybridized carbons (Fsp3) is 0.833. The molecule has 0 aromatic heterocycles. The molecule has 17 heavy (non-hydrogen) atoms. The zero-order chi connectivity index (χ0) is 12.8. The third-order valence-corrected chi connectivity index (χ3v) is 3.13. The molecule has 0 bridgehead atoms. The Hall–Kier alpha value is -1.10. The number of rotatable bonds is 5. The van der Waals surface area contributed by atoms with Gasteiger partial charge in [-0.15, -0.1) is 0 Å². The summed E-state index contributed by atoms with van der Waals surface area (Å²) < 4.78 is 4.68. The van der Waals surface area contributed by atoms with Crippen LogP contribution in [0.2, 0.25) is 0 Å². The van der Waals surface area contributed by atoms with Crippen molar-refractivity contribution in [3.8, 4) is 0 Å². The molecular weight excluding hydrogens is 220 g/mol. The molecule has 0 saturated carbocycles. The Kier molecular flexibility index (Phi) is 5.41. The van der Waals surface area contributed by atoms with Crippen molar-refractivity contribution in [2.75, 3.05) is 20.2 Å². The van der Waals surface area contributed by atoms with Crippen LogP contribution in [0, 0.1) is 0 Å². The van der Waals surface area contributed by atoms with Gasteiger partial charge in [0.25, 0.3) is 0 Å². The topological polar surface area (TPSA) is 58.6 Å². The molecule has 1 N–H and O–H groups in total. The minimum absolute atomic E-state index is 0.0739. The first-order chi connectivity index (χ1) is 8.10. The number of methoxy groups -OCH3 is 1. The predicted molar refractivity (Wildman–Crippen MR) is 64.5 cm³/mol. The number of amides is 1. The summed E-state index contributed by atoms with van der Waals surface area (Å²) in [5.74, 6) is -0.238. The molecule has 1 aliphatic heterocycles. The number of likely N-dealkylation sites (tertiary alicyclic amines) is 1. The van der Waals surface area contributed by atoms with Crippen molar-refractivity contribution in [3.05, 3.63) is 0 Å². The van der Waals surface area contributed by atoms with Crippen molar-refractivity contribution in [1.29, 1.82) is 0 Å². The number of nitrogens with zero attached hydrogens (tertiary/aromatic N) is 1. The molecule has 1 saturated heterocycles. The Labute approximate surface area is 102 Å². The Morgan fingerprint density at radius 1 is 1.35 bits per heavy atom. The van der Waals surface area contributed by atoms with Crippen LogP contribution in [-0.4, -0.2) is 49.1 Å². The molecule has 1 rings (SSSR count). The Morgan fingerprint density at radius 3 is 2.41 bits per heavy atom. The van der Waals surface area contributed by atoms with Gasteiger partial charge < -0.3 is 9.64 Å². The summed E-state index contributed by atoms with van der Waals surface area (Å²) in [5.41, 5.74) is 0. The fourth-order valence-corrected chi connectivity index (χ4v) is 2.08. The molecule has 1 heterocycles. The summed E-state index contributed by atoms with van der Waals surface area (Å²) in [7, 11) is 1.36. The molecule has 1 fully saturated rings. The molecule has 2 unspecified atom stereocenters. The van der Waals surface area contributed by atoms with E-state index in [4.69, 9.17) is 0 Å². The number of ether oxygens (including phenoxy) is 1. The van der Waals surface area contributed by atoms with Crippen molar-refractivity contribution >= 4 is 11.9 Å². The largest absolute Gasteiger partial charge is 0.468 e. The fourth-order valence-electron chi connectivity index (χ4n) is 2.08. The van der Waals surface area contributed by atoms with E-state index in [2.05, 4.69) is 10.1 Å². The second kappa shape index (κ2) is 6.59. The van der Waals surface area contributed by atoms with Crippen molar-refractivity contribution in [2.24, 2.45) is 0 Å². The van der Waals surface area contributed by atoms with Gasteiger partial charge in [-0.2, -0.15) is 0 Å². The van der Waals surface area contributed by atoms with Gasteiger partial charge in [0.1, 0.15) is 6.04 Å². The van der Waals surface area contributed by atoms with Gasteiger partial charge in [-0.1, -0.05) is 6.92 Å². The summed E-state index contributed by atoms with van der Waals surface area (Å²) in [4.78, 5) is 25.3. The summed E-state index contributed by atoms with van der Waals surface area (Å²) in [6, 6.07) is -0.737. The van der Waals surface area contributed by atoms with Crippen molar-refractivity contribution in [2.45, 2.75) is 45.2 Å². The van der Waals surface area contributed by atoms with E-state index in [9.17, 15) is 9.59 Å². The molecule has 1 aliphatic rings. The molecular formula is C12H22N2O3. The van der Waals surface area contributed by atoms with Crippen LogP contribution in [0.25, 0.3) is 0 Å². The normalized spacial score (nSPS) is 18.9. The summed E-state index contributed by atoms with van der Waals surface area (Å²) in [5, 5.41) is 3.03. The van der Waals surface area contributed by atoms with Gasteiger partial charge in [-0.05, 0) is 26.2 Å². The van der Waals surface area contributed by atoms with Crippen LogP contribution >= 0.6 is 0 Å². The van der Waals surface area contributed by atoms with Crippen LogP contribution in [-0.2, 0) is 14.3 Å². The van der Waals surface area contributed by atoms with Gasteiger partial charge in [0.15, 0.2) is 0 Å². The van der Waals surface area contributed by atoms with Crippen molar-refractivity contribution < 1.29 is 14.3 Å². The average Bonchev–Trinajstić information content (AvgIpc) is 2.87. The molecule has 5 nitrogen and oxygen atoms in total. The minimum atomic E-state index is -0.401. The average molecular weight is 242 g/mol. The Bertz CT molecular complexity index is 275. The van der Waals surface area contributed by atoms with Gasteiger partial charge in [-0.3, -0.25) is 14.9 Å². The summed E-state index contributed by atoms with van der Waals surface area (Å²) in [6.45, 7) is 5.35. The van der Waals surface area contributed by atoms with Crippen LogP contribution in [0.4, 0.5) is 0 Å². The highest BCUT2D eigenvalue weighted by molar-refractivity contribution is 5.83. The van der Waals surface area contributed by atoms with E-state index in [1.54, 1.807) is 6.92 Å². The van der Waals surface area contributed by atoms with E-state index in [1.165, 1.54) is 7.11 Å². The smallest absolute Gasteiger partial charge is 0.322 e. The highest BCUT2D eigenvalue weighted by Crippen LogP contribution is 2.09. The van der Waals surface area contributed by atoms with Crippen molar-refractivity contribution in [3.63, 3.8) is 0 Å². The molecule has 0 aromatic carbocycles. The second-order valence-corrected chi connectivity index (χ2v) is 4.40. The van der Waals surface area contributed by atoms with Gasteiger partial charge in [0.2, 0.25) is 5.91 Å². The zero-order valence-corrected chi connectivity index (χ0v) is 10.9. The third kappa shape index (κ3) is 3.70. The molecule has 98 valence electrons. The van der Waals surface area contributed by atoms with E-state index in [0.717, 1.165) is 25.9 Å². The van der Waals surface area contributed by atoms with Gasteiger partial charge >= 0.3 is 5.97 Å². The van der Waals surface area contributed by atoms with E-state index in [-0.39, 0.29) is 17.9 Å². The highest BCUT2D eigenvalue weighted by Gasteiger charge is 2.27. The number of nitrogens with one attached hydrogen (secondary N) is 1. The molecule has 0 spiro atoms. The standard InChI is InChI=1S/C12H22N2O3/c1-4-10(12(16)17-3)13-9(2)11(15)14-7-5-6-8-14/h9-10,13H,4-8H2,1-3H3. The number of carbonyl (C=O) groups is 2. The van der Waals surface area contributed by atoms with E-state index < -0.39 is 6.04 Å². The maximum absolute atomic E-state index is 12.0. The quantitative estimate of drug-likeness (QED) is 0.715. The number of esters is 1. The van der Waals surface area contributed by atoms with Crippen LogP contribution < -0.4 is 5.32 Å². The van der Waals surface area contributed by atoms with Gasteiger partial charge in [-0.25, -0.2) is 0 Å². The lowest BCUT2D eigenvalue weighted by Gasteiger charge is -2.24. The molecule has 0 radical (unpaired) electrons. The molecule has 0 aromatic rings. The monoisotopic (exact) mass is 242 g/mol. The summed E-state index contributed by atoms with van der Waals surface area (Å²) in [6.07, 6.45) is 2.77. The molecule has 5 heteroatoms. The Morgan fingerprint density at radius 2 is 1.94 bits per heavy atom. The molecule has 0 aliphatic carbocycles. The lowest BCUT2D eigenvalue weighted by Crippen LogP contribution is -2.50. The van der Waals surface area contributed by atoms with Crippen molar-refractivity contribution in [1.82, 2.24) is 10.2 Å². The third-order valence-electron chi connectivity index (χ3n) is 3.13. The SMILES string of the molecule is CCC(NC(C)C(=O)N1CCCC1)C(=O)OC. The molecule has 2 atom stereocenters. The number of hydrogen-bond donors (Lipinski definition) is 1. The molecule has 1 amide bonds. The zero-order valence-electron chi connectivity index (χ0n) is 10.9. The van der Waals surface area contributed by atoms with E-state index >= 15 is 0 Å². The van der Waals surface area contributed by atoms with Crippen LogP contribution in [0.1, 0.15) is 33.1 Å². The van der Waals surface area contributed by atoms with Crippen LogP contribution in [0.3, 0.4) is 0 Å². The maximum atomic E-state index is 12.0. The van der Waals surface area contributed by atoms with Gasteiger partial charge in [0, 0.05) is 13.1 Å². The summed E-state index contributed by atoms with van der Waals surface area (Å²) >= 11 is 0. The van der Waals surface area contributed by atoms with E-state index in [0.29, 0.717) is 6.42 Å². The second-order valence-electron chi connectivity index (χ2n) is 4.40. The number of carbonyl (C=O) groups excluding carboxylic acids is 2. The predicted octanol–water partition coefficient (Wildman–Crippen LogP) is 0.539. The van der Waals surface area contributed by atoms with Crippen LogP contribution in [0.15, 0.2) is 0 Å². The lowest BCUT2D eigenvalue weighted by atomic mass is 10.2. The first-order valence-corrected chi connectivity index (χ1v) is 6.22. The minimum Gasteiger partial charge on any atom is -0.468 e. The Balaban J connectivity index is 2.48. The number of hydrogen-bond acceptors (Lipinski definition) is 4. The van der Waals surface area contributed by atoms with Crippen LogP contribution in [0.5, 0.6) is 0 Å². The first kappa shape index (κ1) is 14.0. The lowest BCUT2D eigenvalue weighted by molar-refractivity contribution is -0.144. The maximum Gasteiger partial charge on any atom is 0.322 e. The first-order valence-electron chi connectivity index (χ1n) is 6.22.